The molecule has 0 amide bonds. The van der Waals surface area contributed by atoms with Crippen LogP contribution < -0.4 is 5.32 Å². The minimum Gasteiger partial charge on any atom is -0.377 e. The molecule has 2 unspecified atom stereocenters. The van der Waals surface area contributed by atoms with Crippen molar-refractivity contribution < 1.29 is 4.74 Å². The van der Waals surface area contributed by atoms with Gasteiger partial charge in [0, 0.05) is 32.3 Å². The Morgan fingerprint density at radius 3 is 2.62 bits per heavy atom. The topological polar surface area (TPSA) is 24.5 Å². The SMILES string of the molecule is CCNC1CCN(CC(C)(C)OC)C(C)C1. The van der Waals surface area contributed by atoms with Crippen LogP contribution in [-0.2, 0) is 4.74 Å². The van der Waals surface area contributed by atoms with Crippen LogP contribution in [0.25, 0.3) is 0 Å². The van der Waals surface area contributed by atoms with Crippen LogP contribution in [-0.4, -0.2) is 49.3 Å². The summed E-state index contributed by atoms with van der Waals surface area (Å²) in [7, 11) is 1.80. The Kier molecular flexibility index (Phi) is 5.22. The van der Waals surface area contributed by atoms with Crippen LogP contribution in [0.15, 0.2) is 0 Å². The van der Waals surface area contributed by atoms with Gasteiger partial charge in [-0.2, -0.15) is 0 Å². The van der Waals surface area contributed by atoms with Gasteiger partial charge in [-0.25, -0.2) is 0 Å². The van der Waals surface area contributed by atoms with Crippen LogP contribution in [0.1, 0.15) is 40.5 Å². The molecule has 16 heavy (non-hydrogen) atoms. The van der Waals surface area contributed by atoms with Gasteiger partial charge >= 0.3 is 0 Å². The van der Waals surface area contributed by atoms with Crippen LogP contribution in [0.4, 0.5) is 0 Å². The minimum absolute atomic E-state index is 0.0285. The van der Waals surface area contributed by atoms with E-state index in [0.717, 1.165) is 13.1 Å². The van der Waals surface area contributed by atoms with Gasteiger partial charge in [0.05, 0.1) is 5.60 Å². The van der Waals surface area contributed by atoms with Crippen molar-refractivity contribution in [3.8, 4) is 0 Å². The number of ether oxygens (including phenoxy) is 1. The molecule has 0 bridgehead atoms. The first-order chi connectivity index (χ1) is 7.48. The van der Waals surface area contributed by atoms with E-state index in [2.05, 4.69) is 37.9 Å². The first-order valence-corrected chi connectivity index (χ1v) is 6.51. The number of nitrogens with one attached hydrogen (secondary N) is 1. The van der Waals surface area contributed by atoms with Gasteiger partial charge in [-0.15, -0.1) is 0 Å². The molecule has 1 rings (SSSR count). The molecule has 0 radical (unpaired) electrons. The fraction of sp³-hybridized carbons (Fsp3) is 1.00. The first kappa shape index (κ1) is 13.9. The highest BCUT2D eigenvalue weighted by molar-refractivity contribution is 4.86. The molecule has 0 spiro atoms. The minimum atomic E-state index is -0.0285. The fourth-order valence-corrected chi connectivity index (χ4v) is 2.48. The van der Waals surface area contributed by atoms with Gasteiger partial charge in [-0.05, 0) is 40.2 Å². The molecule has 1 heterocycles. The fourth-order valence-electron chi connectivity index (χ4n) is 2.48. The van der Waals surface area contributed by atoms with Gasteiger partial charge < -0.3 is 10.1 Å². The Labute approximate surface area is 101 Å². The van der Waals surface area contributed by atoms with Crippen LogP contribution in [0.2, 0.25) is 0 Å². The van der Waals surface area contributed by atoms with Gasteiger partial charge in [0.2, 0.25) is 0 Å². The number of likely N-dealkylation sites (tertiary alicyclic amines) is 1. The van der Waals surface area contributed by atoms with Crippen molar-refractivity contribution >= 4 is 0 Å². The van der Waals surface area contributed by atoms with Crippen molar-refractivity contribution in [3.05, 3.63) is 0 Å². The van der Waals surface area contributed by atoms with E-state index in [1.54, 1.807) is 7.11 Å². The highest BCUT2D eigenvalue weighted by Gasteiger charge is 2.29. The second-order valence-electron chi connectivity index (χ2n) is 5.56. The van der Waals surface area contributed by atoms with Crippen molar-refractivity contribution in [2.75, 3.05) is 26.7 Å². The molecule has 1 aliphatic rings. The van der Waals surface area contributed by atoms with Crippen molar-refractivity contribution in [1.29, 1.82) is 0 Å². The van der Waals surface area contributed by atoms with Gasteiger partial charge in [0.25, 0.3) is 0 Å². The summed E-state index contributed by atoms with van der Waals surface area (Å²) in [4.78, 5) is 2.55. The summed E-state index contributed by atoms with van der Waals surface area (Å²) in [6.07, 6.45) is 2.52. The van der Waals surface area contributed by atoms with E-state index in [4.69, 9.17) is 4.74 Å². The smallest absolute Gasteiger partial charge is 0.0749 e. The Morgan fingerprint density at radius 2 is 2.12 bits per heavy atom. The lowest BCUT2D eigenvalue weighted by molar-refractivity contribution is -0.0249. The predicted octanol–water partition coefficient (Wildman–Crippen LogP) is 1.87. The average molecular weight is 228 g/mol. The molecule has 1 saturated heterocycles. The zero-order valence-corrected chi connectivity index (χ0v) is 11.5. The molecular weight excluding hydrogens is 200 g/mol. The van der Waals surface area contributed by atoms with Crippen LogP contribution in [0, 0.1) is 0 Å². The summed E-state index contributed by atoms with van der Waals surface area (Å²) in [6.45, 7) is 12.1. The molecular formula is C13H28N2O. The van der Waals surface area contributed by atoms with E-state index >= 15 is 0 Å². The molecule has 0 aliphatic carbocycles. The second kappa shape index (κ2) is 5.99. The maximum Gasteiger partial charge on any atom is 0.0749 e. The molecule has 0 aromatic carbocycles. The molecule has 0 aromatic rings. The van der Waals surface area contributed by atoms with Crippen molar-refractivity contribution in [1.82, 2.24) is 10.2 Å². The van der Waals surface area contributed by atoms with Gasteiger partial charge in [0.15, 0.2) is 0 Å². The van der Waals surface area contributed by atoms with Crippen molar-refractivity contribution in [2.24, 2.45) is 0 Å². The second-order valence-corrected chi connectivity index (χ2v) is 5.56. The number of hydrogen-bond donors (Lipinski definition) is 1. The molecule has 1 aliphatic heterocycles. The average Bonchev–Trinajstić information content (AvgIpc) is 2.23. The van der Waals surface area contributed by atoms with Crippen molar-refractivity contribution in [2.45, 2.75) is 58.2 Å². The molecule has 2 atom stereocenters. The van der Waals surface area contributed by atoms with Crippen LogP contribution >= 0.6 is 0 Å². The third kappa shape index (κ3) is 4.04. The molecule has 1 fully saturated rings. The lowest BCUT2D eigenvalue weighted by atomic mass is 9.96. The third-order valence-corrected chi connectivity index (χ3v) is 3.64. The lowest BCUT2D eigenvalue weighted by Gasteiger charge is -2.41. The number of methoxy groups -OCH3 is 1. The summed E-state index contributed by atoms with van der Waals surface area (Å²) in [5.41, 5.74) is -0.0285. The number of nitrogens with zero attached hydrogens (tertiary/aromatic N) is 1. The van der Waals surface area contributed by atoms with E-state index in [1.165, 1.54) is 19.4 Å². The summed E-state index contributed by atoms with van der Waals surface area (Å²) in [6, 6.07) is 1.37. The monoisotopic (exact) mass is 228 g/mol. The Morgan fingerprint density at radius 1 is 1.44 bits per heavy atom. The number of piperidine rings is 1. The molecule has 0 saturated carbocycles. The van der Waals surface area contributed by atoms with Crippen molar-refractivity contribution in [3.63, 3.8) is 0 Å². The Hall–Kier alpha value is -0.120. The first-order valence-electron chi connectivity index (χ1n) is 6.51. The van der Waals surface area contributed by atoms with E-state index in [1.807, 2.05) is 0 Å². The van der Waals surface area contributed by atoms with Crippen LogP contribution in [0.5, 0.6) is 0 Å². The van der Waals surface area contributed by atoms with E-state index in [0.29, 0.717) is 12.1 Å². The van der Waals surface area contributed by atoms with Gasteiger partial charge in [0.1, 0.15) is 0 Å². The molecule has 1 N–H and O–H groups in total. The van der Waals surface area contributed by atoms with E-state index in [9.17, 15) is 0 Å². The summed E-state index contributed by atoms with van der Waals surface area (Å²) < 4.78 is 5.51. The van der Waals surface area contributed by atoms with E-state index < -0.39 is 0 Å². The maximum absolute atomic E-state index is 5.51. The van der Waals surface area contributed by atoms with Crippen LogP contribution in [0.3, 0.4) is 0 Å². The van der Waals surface area contributed by atoms with E-state index in [-0.39, 0.29) is 5.60 Å². The third-order valence-electron chi connectivity index (χ3n) is 3.64. The Bertz CT molecular complexity index is 206. The summed E-state index contributed by atoms with van der Waals surface area (Å²) in [5, 5.41) is 3.55. The summed E-state index contributed by atoms with van der Waals surface area (Å²) in [5.74, 6) is 0. The highest BCUT2D eigenvalue weighted by Crippen LogP contribution is 2.20. The predicted molar refractivity (Wildman–Crippen MR) is 68.8 cm³/mol. The number of rotatable bonds is 5. The number of hydrogen-bond acceptors (Lipinski definition) is 3. The largest absolute Gasteiger partial charge is 0.377 e. The molecule has 3 nitrogen and oxygen atoms in total. The highest BCUT2D eigenvalue weighted by atomic mass is 16.5. The Balaban J connectivity index is 2.41. The molecule has 0 aromatic heterocycles. The zero-order valence-electron chi connectivity index (χ0n) is 11.5. The standard InChI is InChI=1S/C13H28N2O/c1-6-14-12-7-8-15(11(2)9-12)10-13(3,4)16-5/h11-12,14H,6-10H2,1-5H3. The normalized spacial score (nSPS) is 28.3. The molecule has 3 heteroatoms. The maximum atomic E-state index is 5.51. The lowest BCUT2D eigenvalue weighted by Crippen LogP contribution is -2.51. The van der Waals surface area contributed by atoms with Gasteiger partial charge in [-0.3, -0.25) is 4.90 Å². The quantitative estimate of drug-likeness (QED) is 0.777. The summed E-state index contributed by atoms with van der Waals surface area (Å²) >= 11 is 0. The van der Waals surface area contributed by atoms with Gasteiger partial charge in [-0.1, -0.05) is 6.92 Å². The molecule has 96 valence electrons. The zero-order chi connectivity index (χ0) is 12.2.